The van der Waals surface area contributed by atoms with E-state index in [-0.39, 0.29) is 5.54 Å². The molecule has 16 heavy (non-hydrogen) atoms. The fourth-order valence-electron chi connectivity index (χ4n) is 1.47. The van der Waals surface area contributed by atoms with Crippen molar-refractivity contribution in [2.24, 2.45) is 0 Å². The Bertz CT molecular complexity index is 262. The van der Waals surface area contributed by atoms with Gasteiger partial charge >= 0.3 is 0 Å². The van der Waals surface area contributed by atoms with E-state index in [1.807, 2.05) is 11.3 Å². The molecule has 1 rings (SSSR count). The molecule has 0 aromatic carbocycles. The maximum absolute atomic E-state index is 3.49. The largest absolute Gasteiger partial charge is 0.316 e. The van der Waals surface area contributed by atoms with Crippen LogP contribution >= 0.6 is 11.3 Å². The summed E-state index contributed by atoms with van der Waals surface area (Å²) in [5.74, 6) is 0. The molecule has 0 unspecified atom stereocenters. The highest BCUT2D eigenvalue weighted by Crippen LogP contribution is 2.07. The second-order valence-electron chi connectivity index (χ2n) is 5.11. The molecule has 0 amide bonds. The smallest absolute Gasteiger partial charge is 0.00965 e. The Kier molecular flexibility index (Phi) is 6.03. The van der Waals surface area contributed by atoms with Gasteiger partial charge < -0.3 is 10.6 Å². The first kappa shape index (κ1) is 13.7. The highest BCUT2D eigenvalue weighted by Gasteiger charge is 2.06. The number of hydrogen-bond acceptors (Lipinski definition) is 3. The first-order chi connectivity index (χ1) is 7.58. The van der Waals surface area contributed by atoms with Crippen LogP contribution in [-0.4, -0.2) is 25.2 Å². The molecule has 0 atom stereocenters. The fourth-order valence-corrected chi connectivity index (χ4v) is 2.18. The van der Waals surface area contributed by atoms with Crippen molar-refractivity contribution in [3.63, 3.8) is 0 Å². The van der Waals surface area contributed by atoms with Gasteiger partial charge in [-0.2, -0.15) is 0 Å². The molecule has 1 heterocycles. The van der Waals surface area contributed by atoms with Crippen molar-refractivity contribution in [1.82, 2.24) is 10.6 Å². The predicted molar refractivity (Wildman–Crippen MR) is 73.3 cm³/mol. The van der Waals surface area contributed by atoms with Gasteiger partial charge in [0.1, 0.15) is 0 Å². The van der Waals surface area contributed by atoms with Crippen LogP contribution in [0.5, 0.6) is 0 Å². The normalized spacial score (nSPS) is 11.9. The Morgan fingerprint density at radius 3 is 2.62 bits per heavy atom. The summed E-state index contributed by atoms with van der Waals surface area (Å²) in [5, 5.41) is 9.11. The summed E-state index contributed by atoms with van der Waals surface area (Å²) in [4.78, 5) is 1.47. The van der Waals surface area contributed by atoms with Gasteiger partial charge in [-0.15, -0.1) is 11.3 Å². The molecule has 1 aromatic heterocycles. The van der Waals surface area contributed by atoms with Crippen molar-refractivity contribution in [2.45, 2.75) is 39.2 Å². The van der Waals surface area contributed by atoms with Crippen molar-refractivity contribution in [1.29, 1.82) is 0 Å². The molecule has 1 aromatic rings. The summed E-state index contributed by atoms with van der Waals surface area (Å²) in [5.41, 5.74) is 0.247. The molecule has 2 N–H and O–H groups in total. The minimum atomic E-state index is 0.247. The molecule has 2 nitrogen and oxygen atoms in total. The first-order valence-electron chi connectivity index (χ1n) is 6.06. The molecule has 3 heteroatoms. The predicted octanol–water partition coefficient (Wildman–Crippen LogP) is 2.66. The molecule has 0 radical (unpaired) electrons. The molecule has 0 saturated carbocycles. The Labute approximate surface area is 103 Å². The van der Waals surface area contributed by atoms with Gasteiger partial charge in [0, 0.05) is 10.4 Å². The molecule has 0 saturated heterocycles. The summed E-state index contributed by atoms with van der Waals surface area (Å²) >= 11 is 1.84. The second kappa shape index (κ2) is 7.05. The van der Waals surface area contributed by atoms with Crippen LogP contribution in [0.4, 0.5) is 0 Å². The van der Waals surface area contributed by atoms with E-state index < -0.39 is 0 Å². The van der Waals surface area contributed by atoms with Crippen LogP contribution in [0.25, 0.3) is 0 Å². The third kappa shape index (κ3) is 6.99. The van der Waals surface area contributed by atoms with E-state index in [4.69, 9.17) is 0 Å². The average molecular weight is 240 g/mol. The van der Waals surface area contributed by atoms with Gasteiger partial charge in [-0.05, 0) is 64.7 Å². The summed E-state index contributed by atoms with van der Waals surface area (Å²) in [6, 6.07) is 4.32. The van der Waals surface area contributed by atoms with Crippen LogP contribution in [0.1, 0.15) is 32.1 Å². The zero-order valence-corrected chi connectivity index (χ0v) is 11.5. The lowest BCUT2D eigenvalue weighted by molar-refractivity contribution is 0.419. The number of rotatable bonds is 7. The van der Waals surface area contributed by atoms with Gasteiger partial charge in [0.15, 0.2) is 0 Å². The van der Waals surface area contributed by atoms with Gasteiger partial charge in [0.2, 0.25) is 0 Å². The maximum Gasteiger partial charge on any atom is 0.00965 e. The van der Waals surface area contributed by atoms with E-state index in [1.54, 1.807) is 0 Å². The molecule has 0 aliphatic carbocycles. The van der Waals surface area contributed by atoms with Crippen molar-refractivity contribution in [3.8, 4) is 0 Å². The SMILES string of the molecule is CC(C)(C)NCCCNCCc1cccs1. The lowest BCUT2D eigenvalue weighted by atomic mass is 10.1. The molecule has 0 aliphatic rings. The average Bonchev–Trinajstić information content (AvgIpc) is 2.67. The standard InChI is InChI=1S/C13H24N2S/c1-13(2,3)15-9-5-8-14-10-7-12-6-4-11-16-12/h4,6,11,14-15H,5,7-10H2,1-3H3. The van der Waals surface area contributed by atoms with Gasteiger partial charge in [0.25, 0.3) is 0 Å². The van der Waals surface area contributed by atoms with E-state index in [1.165, 1.54) is 11.3 Å². The highest BCUT2D eigenvalue weighted by molar-refractivity contribution is 7.09. The van der Waals surface area contributed by atoms with Crippen LogP contribution < -0.4 is 10.6 Å². The van der Waals surface area contributed by atoms with Crippen molar-refractivity contribution >= 4 is 11.3 Å². The highest BCUT2D eigenvalue weighted by atomic mass is 32.1. The summed E-state index contributed by atoms with van der Waals surface area (Å²) in [6.45, 7) is 9.91. The molecule has 0 fully saturated rings. The minimum absolute atomic E-state index is 0.247. The van der Waals surface area contributed by atoms with Crippen LogP contribution in [0, 0.1) is 0 Å². The minimum Gasteiger partial charge on any atom is -0.316 e. The van der Waals surface area contributed by atoms with Crippen molar-refractivity contribution in [3.05, 3.63) is 22.4 Å². The third-order valence-corrected chi connectivity index (χ3v) is 3.25. The van der Waals surface area contributed by atoms with Gasteiger partial charge in [-0.1, -0.05) is 6.07 Å². The Balaban J connectivity index is 1.89. The van der Waals surface area contributed by atoms with Gasteiger partial charge in [-0.3, -0.25) is 0 Å². The zero-order chi connectivity index (χ0) is 11.9. The third-order valence-electron chi connectivity index (χ3n) is 2.31. The van der Waals surface area contributed by atoms with E-state index >= 15 is 0 Å². The van der Waals surface area contributed by atoms with Crippen molar-refractivity contribution < 1.29 is 0 Å². The molecule has 0 aliphatic heterocycles. The number of hydrogen-bond donors (Lipinski definition) is 2. The molecular weight excluding hydrogens is 216 g/mol. The second-order valence-corrected chi connectivity index (χ2v) is 6.14. The van der Waals surface area contributed by atoms with Gasteiger partial charge in [0.05, 0.1) is 0 Å². The summed E-state index contributed by atoms with van der Waals surface area (Å²) < 4.78 is 0. The van der Waals surface area contributed by atoms with Crippen LogP contribution in [0.3, 0.4) is 0 Å². The van der Waals surface area contributed by atoms with E-state index in [9.17, 15) is 0 Å². The topological polar surface area (TPSA) is 24.1 Å². The van der Waals surface area contributed by atoms with E-state index in [2.05, 4.69) is 48.9 Å². The molecule has 0 spiro atoms. The Hall–Kier alpha value is -0.380. The Morgan fingerprint density at radius 2 is 2.00 bits per heavy atom. The van der Waals surface area contributed by atoms with E-state index in [0.29, 0.717) is 0 Å². The molecular formula is C13H24N2S. The first-order valence-corrected chi connectivity index (χ1v) is 6.94. The van der Waals surface area contributed by atoms with E-state index in [0.717, 1.165) is 26.1 Å². The summed E-state index contributed by atoms with van der Waals surface area (Å²) in [6.07, 6.45) is 2.35. The zero-order valence-electron chi connectivity index (χ0n) is 10.7. The summed E-state index contributed by atoms with van der Waals surface area (Å²) in [7, 11) is 0. The van der Waals surface area contributed by atoms with Crippen molar-refractivity contribution in [2.75, 3.05) is 19.6 Å². The van der Waals surface area contributed by atoms with Crippen LogP contribution in [0.2, 0.25) is 0 Å². The Morgan fingerprint density at radius 1 is 1.19 bits per heavy atom. The molecule has 0 bridgehead atoms. The maximum atomic E-state index is 3.49. The molecule has 92 valence electrons. The van der Waals surface area contributed by atoms with Crippen LogP contribution in [-0.2, 0) is 6.42 Å². The monoisotopic (exact) mass is 240 g/mol. The van der Waals surface area contributed by atoms with Crippen LogP contribution in [0.15, 0.2) is 17.5 Å². The number of nitrogens with one attached hydrogen (secondary N) is 2. The number of thiophene rings is 1. The lowest BCUT2D eigenvalue weighted by Crippen LogP contribution is -2.37. The quantitative estimate of drug-likeness (QED) is 0.716. The van der Waals surface area contributed by atoms with Gasteiger partial charge in [-0.25, -0.2) is 0 Å². The fraction of sp³-hybridized carbons (Fsp3) is 0.692. The lowest BCUT2D eigenvalue weighted by Gasteiger charge is -2.20.